The highest BCUT2D eigenvalue weighted by atomic mass is 35.5. The summed E-state index contributed by atoms with van der Waals surface area (Å²) in [4.78, 5) is 26.2. The molecule has 0 unspecified atom stereocenters. The number of carbonyl (C=O) groups is 1. The molecule has 2 aromatic rings. The van der Waals surface area contributed by atoms with E-state index in [4.69, 9.17) is 23.2 Å². The van der Waals surface area contributed by atoms with Gasteiger partial charge in [-0.3, -0.25) is 9.59 Å². The third-order valence-electron chi connectivity index (χ3n) is 2.57. The van der Waals surface area contributed by atoms with E-state index < -0.39 is 11.5 Å². The van der Waals surface area contributed by atoms with Crippen LogP contribution in [0.5, 0.6) is 0 Å². The minimum absolute atomic E-state index is 0.0542. The quantitative estimate of drug-likeness (QED) is 0.894. The highest BCUT2D eigenvalue weighted by Gasteiger charge is 2.14. The molecule has 0 spiro atoms. The first-order valence-corrected chi connectivity index (χ1v) is 6.19. The van der Waals surface area contributed by atoms with Gasteiger partial charge in [-0.2, -0.15) is 0 Å². The van der Waals surface area contributed by atoms with Crippen LogP contribution in [0.2, 0.25) is 10.0 Å². The number of halogens is 2. The Balaban J connectivity index is 2.36. The second-order valence-corrected chi connectivity index (χ2v) is 4.79. The zero-order chi connectivity index (χ0) is 14.0. The first-order chi connectivity index (χ1) is 8.99. The molecule has 0 bridgehead atoms. The van der Waals surface area contributed by atoms with Gasteiger partial charge in [0.2, 0.25) is 0 Å². The summed E-state index contributed by atoms with van der Waals surface area (Å²) in [5.41, 5.74) is 0.551. The Morgan fingerprint density at radius 1 is 1.26 bits per heavy atom. The van der Waals surface area contributed by atoms with Crippen molar-refractivity contribution in [1.29, 1.82) is 0 Å². The van der Waals surface area contributed by atoms with Crippen molar-refractivity contribution in [3.8, 4) is 0 Å². The summed E-state index contributed by atoms with van der Waals surface area (Å²) < 4.78 is 0. The van der Waals surface area contributed by atoms with Crippen molar-refractivity contribution < 1.29 is 4.79 Å². The maximum Gasteiger partial charge on any atom is 0.261 e. The molecule has 0 aliphatic rings. The number of H-pyrrole nitrogens is 1. The smallest absolute Gasteiger partial charge is 0.261 e. The first-order valence-electron chi connectivity index (χ1n) is 5.43. The molecule has 1 amide bonds. The van der Waals surface area contributed by atoms with Crippen molar-refractivity contribution >= 4 is 34.8 Å². The molecule has 4 nitrogen and oxygen atoms in total. The summed E-state index contributed by atoms with van der Waals surface area (Å²) in [6, 6.07) is 6.35. The largest absolute Gasteiger partial charge is 0.328 e. The Kier molecular flexibility index (Phi) is 3.93. The van der Waals surface area contributed by atoms with E-state index in [1.54, 1.807) is 25.1 Å². The molecule has 0 aliphatic carbocycles. The van der Waals surface area contributed by atoms with Gasteiger partial charge in [-0.15, -0.1) is 0 Å². The molecule has 0 radical (unpaired) electrons. The lowest BCUT2D eigenvalue weighted by molar-refractivity contribution is 0.102. The minimum atomic E-state index is -0.525. The Morgan fingerprint density at radius 2 is 2.00 bits per heavy atom. The number of amides is 1. The Bertz CT molecular complexity index is 695. The summed E-state index contributed by atoms with van der Waals surface area (Å²) in [7, 11) is 0. The minimum Gasteiger partial charge on any atom is -0.328 e. The zero-order valence-electron chi connectivity index (χ0n) is 9.96. The number of benzene rings is 1. The van der Waals surface area contributed by atoms with Crippen molar-refractivity contribution in [3.63, 3.8) is 0 Å². The third-order valence-corrected chi connectivity index (χ3v) is 3.14. The van der Waals surface area contributed by atoms with Crippen molar-refractivity contribution in [2.75, 3.05) is 5.32 Å². The summed E-state index contributed by atoms with van der Waals surface area (Å²) in [6.07, 6.45) is 1.49. The van der Waals surface area contributed by atoms with Gasteiger partial charge < -0.3 is 10.3 Å². The Labute approximate surface area is 119 Å². The van der Waals surface area contributed by atoms with Gasteiger partial charge in [0.25, 0.3) is 11.5 Å². The summed E-state index contributed by atoms with van der Waals surface area (Å²) >= 11 is 11.8. The van der Waals surface area contributed by atoms with E-state index in [9.17, 15) is 9.59 Å². The van der Waals surface area contributed by atoms with Crippen LogP contribution in [0.15, 0.2) is 35.3 Å². The number of aromatic amines is 1. The predicted octanol–water partition coefficient (Wildman–Crippen LogP) is 3.24. The molecule has 1 heterocycles. The SMILES string of the molecule is Cc1cc[nH]c(=O)c1C(=O)Nc1cc(Cl)ccc1Cl. The van der Waals surface area contributed by atoms with E-state index in [0.717, 1.165) is 0 Å². The average molecular weight is 297 g/mol. The molecule has 19 heavy (non-hydrogen) atoms. The van der Waals surface area contributed by atoms with Gasteiger partial charge >= 0.3 is 0 Å². The molecule has 0 atom stereocenters. The number of nitrogens with one attached hydrogen (secondary N) is 2. The standard InChI is InChI=1S/C13H10Cl2N2O2/c1-7-4-5-16-12(18)11(7)13(19)17-10-6-8(14)2-3-9(10)15/h2-6H,1H3,(H,16,18)(H,17,19). The lowest BCUT2D eigenvalue weighted by Crippen LogP contribution is -2.24. The average Bonchev–Trinajstić information content (AvgIpc) is 2.33. The van der Waals surface area contributed by atoms with Gasteiger partial charge in [0.05, 0.1) is 10.7 Å². The fourth-order valence-corrected chi connectivity index (χ4v) is 1.97. The van der Waals surface area contributed by atoms with Crippen LogP contribution < -0.4 is 10.9 Å². The normalized spacial score (nSPS) is 10.3. The second-order valence-electron chi connectivity index (χ2n) is 3.94. The predicted molar refractivity (Wildman–Crippen MR) is 76.2 cm³/mol. The molecule has 1 aromatic carbocycles. The van der Waals surface area contributed by atoms with Crippen molar-refractivity contribution in [3.05, 3.63) is 62.0 Å². The van der Waals surface area contributed by atoms with Gasteiger partial charge in [-0.25, -0.2) is 0 Å². The van der Waals surface area contributed by atoms with E-state index in [1.165, 1.54) is 12.3 Å². The fourth-order valence-electron chi connectivity index (χ4n) is 1.64. The van der Waals surface area contributed by atoms with Crippen LogP contribution in [-0.2, 0) is 0 Å². The molecule has 2 N–H and O–H groups in total. The molecule has 0 aliphatic heterocycles. The number of hydrogen-bond acceptors (Lipinski definition) is 2. The number of pyridine rings is 1. The lowest BCUT2D eigenvalue weighted by Gasteiger charge is -2.08. The molecule has 2 rings (SSSR count). The van der Waals surface area contributed by atoms with Gasteiger partial charge in [-0.1, -0.05) is 23.2 Å². The van der Waals surface area contributed by atoms with Crippen LogP contribution in [0, 0.1) is 6.92 Å². The maximum absolute atomic E-state index is 12.1. The van der Waals surface area contributed by atoms with E-state index >= 15 is 0 Å². The van der Waals surface area contributed by atoms with E-state index in [1.807, 2.05) is 0 Å². The number of rotatable bonds is 2. The van der Waals surface area contributed by atoms with Crippen LogP contribution in [0.1, 0.15) is 15.9 Å². The van der Waals surface area contributed by atoms with Crippen LogP contribution in [0.25, 0.3) is 0 Å². The van der Waals surface area contributed by atoms with Crippen LogP contribution in [-0.4, -0.2) is 10.9 Å². The van der Waals surface area contributed by atoms with Crippen molar-refractivity contribution in [2.24, 2.45) is 0 Å². The van der Waals surface area contributed by atoms with Crippen molar-refractivity contribution in [2.45, 2.75) is 6.92 Å². The van der Waals surface area contributed by atoms with E-state index in [0.29, 0.717) is 21.3 Å². The van der Waals surface area contributed by atoms with E-state index in [-0.39, 0.29) is 5.56 Å². The van der Waals surface area contributed by atoms with Gasteiger partial charge in [0.15, 0.2) is 0 Å². The number of carbonyl (C=O) groups excluding carboxylic acids is 1. The molecule has 0 saturated carbocycles. The van der Waals surface area contributed by atoms with Crippen LogP contribution >= 0.6 is 23.2 Å². The third kappa shape index (κ3) is 2.97. The Morgan fingerprint density at radius 3 is 2.68 bits per heavy atom. The summed E-state index contributed by atoms with van der Waals surface area (Å²) in [5.74, 6) is -0.525. The first kappa shape index (κ1) is 13.6. The number of hydrogen-bond donors (Lipinski definition) is 2. The second kappa shape index (κ2) is 5.47. The van der Waals surface area contributed by atoms with Gasteiger partial charge in [-0.05, 0) is 36.8 Å². The fraction of sp³-hybridized carbons (Fsp3) is 0.0769. The summed E-state index contributed by atoms with van der Waals surface area (Å²) in [5, 5.41) is 3.37. The molecule has 0 saturated heterocycles. The van der Waals surface area contributed by atoms with Gasteiger partial charge in [0, 0.05) is 11.2 Å². The molecular weight excluding hydrogens is 287 g/mol. The highest BCUT2D eigenvalue weighted by molar-refractivity contribution is 6.35. The van der Waals surface area contributed by atoms with Crippen molar-refractivity contribution in [1.82, 2.24) is 4.98 Å². The lowest BCUT2D eigenvalue weighted by atomic mass is 10.1. The highest BCUT2D eigenvalue weighted by Crippen LogP contribution is 2.25. The van der Waals surface area contributed by atoms with Crippen LogP contribution in [0.3, 0.4) is 0 Å². The molecule has 0 fully saturated rings. The van der Waals surface area contributed by atoms with Crippen LogP contribution in [0.4, 0.5) is 5.69 Å². The Hall–Kier alpha value is -1.78. The van der Waals surface area contributed by atoms with Gasteiger partial charge in [0.1, 0.15) is 5.56 Å². The number of aryl methyl sites for hydroxylation is 1. The molecule has 6 heteroatoms. The topological polar surface area (TPSA) is 62.0 Å². The zero-order valence-corrected chi connectivity index (χ0v) is 11.5. The number of anilines is 1. The van der Waals surface area contributed by atoms with E-state index in [2.05, 4.69) is 10.3 Å². The molecular formula is C13H10Cl2N2O2. The molecule has 98 valence electrons. The monoisotopic (exact) mass is 296 g/mol. The number of aromatic nitrogens is 1. The molecule has 1 aromatic heterocycles. The summed E-state index contributed by atoms with van der Waals surface area (Å²) in [6.45, 7) is 1.68. The maximum atomic E-state index is 12.1.